The number of carbonyl (C=O) groups is 1. The lowest BCUT2D eigenvalue weighted by atomic mass is 10.3. The van der Waals surface area contributed by atoms with Gasteiger partial charge in [0.2, 0.25) is 5.40 Å². The molecule has 0 radical (unpaired) electrons. The third-order valence-corrected chi connectivity index (χ3v) is 7.00. The summed E-state index contributed by atoms with van der Waals surface area (Å²) in [6, 6.07) is 15.4. The van der Waals surface area contributed by atoms with E-state index in [4.69, 9.17) is 9.05 Å². The molecule has 9 heteroatoms. The Morgan fingerprint density at radius 2 is 1.22 bits per heavy atom. The number of para-hydroxylation sites is 2. The van der Waals surface area contributed by atoms with Gasteiger partial charge in [-0.15, -0.1) is 0 Å². The van der Waals surface area contributed by atoms with Gasteiger partial charge in [0, 0.05) is 0 Å². The second-order valence-corrected chi connectivity index (χ2v) is 8.63. The van der Waals surface area contributed by atoms with Crippen LogP contribution in [0.15, 0.2) is 60.7 Å². The Hall–Kier alpha value is -1.91. The summed E-state index contributed by atoms with van der Waals surface area (Å²) in [6.07, 6.45) is -0.104. The van der Waals surface area contributed by atoms with E-state index in [0.717, 1.165) is 0 Å². The first kappa shape index (κ1) is 17.4. The van der Waals surface area contributed by atoms with Crippen LogP contribution in [0.4, 0.5) is 0 Å². The van der Waals surface area contributed by atoms with Crippen molar-refractivity contribution in [2.45, 2.75) is 5.40 Å². The van der Waals surface area contributed by atoms with Crippen molar-refractivity contribution in [3.63, 3.8) is 0 Å². The predicted molar refractivity (Wildman–Crippen MR) is 83.6 cm³/mol. The number of carbonyl (C=O) groups excluding carboxylic acids is 1. The zero-order chi connectivity index (χ0) is 16.9. The van der Waals surface area contributed by atoms with Crippen molar-refractivity contribution < 1.29 is 32.8 Å². The molecule has 122 valence electrons. The van der Waals surface area contributed by atoms with E-state index in [1.54, 1.807) is 36.4 Å². The molecule has 2 aromatic carbocycles. The molecule has 7 nitrogen and oxygen atoms in total. The molecule has 0 amide bonds. The zero-order valence-electron chi connectivity index (χ0n) is 11.8. The summed E-state index contributed by atoms with van der Waals surface area (Å²) in [4.78, 5) is 29.8. The zero-order valence-corrected chi connectivity index (χ0v) is 13.5. The molecule has 0 saturated heterocycles. The van der Waals surface area contributed by atoms with Crippen LogP contribution in [0.5, 0.6) is 11.5 Å². The molecule has 0 spiro atoms. The minimum Gasteiger partial charge on any atom is -0.415 e. The van der Waals surface area contributed by atoms with Gasteiger partial charge in [0.1, 0.15) is 17.8 Å². The molecule has 1 unspecified atom stereocenters. The molecule has 0 fully saturated rings. The highest BCUT2D eigenvalue weighted by Crippen LogP contribution is 2.64. The van der Waals surface area contributed by atoms with Gasteiger partial charge < -0.3 is 23.6 Å². The summed E-state index contributed by atoms with van der Waals surface area (Å²) in [7, 11) is -9.58. The molecule has 2 aromatic rings. The van der Waals surface area contributed by atoms with Crippen LogP contribution in [0.1, 0.15) is 0 Å². The number of rotatable bonds is 7. The number of benzene rings is 2. The van der Waals surface area contributed by atoms with Crippen LogP contribution in [0.2, 0.25) is 0 Å². The van der Waals surface area contributed by atoms with E-state index in [1.165, 1.54) is 24.3 Å². The number of hydrogen-bond acceptors (Lipinski definition) is 5. The maximum absolute atomic E-state index is 13.0. The second-order valence-electron chi connectivity index (χ2n) is 4.49. The first-order valence-electron chi connectivity index (χ1n) is 6.45. The fourth-order valence-electron chi connectivity index (χ4n) is 1.72. The second kappa shape index (κ2) is 7.11. The fourth-order valence-corrected chi connectivity index (χ4v) is 4.87. The van der Waals surface area contributed by atoms with Crippen LogP contribution < -0.4 is 9.05 Å². The van der Waals surface area contributed by atoms with Crippen LogP contribution >= 0.6 is 15.2 Å². The smallest absolute Gasteiger partial charge is 0.415 e. The highest BCUT2D eigenvalue weighted by atomic mass is 31.2. The Morgan fingerprint density at radius 1 is 0.826 bits per heavy atom. The van der Waals surface area contributed by atoms with Crippen LogP contribution in [0.3, 0.4) is 0 Å². The Labute approximate surface area is 132 Å². The Morgan fingerprint density at radius 3 is 1.52 bits per heavy atom. The number of hydrogen-bond donors (Lipinski definition) is 2. The Kier molecular flexibility index (Phi) is 5.39. The molecular weight excluding hydrogens is 342 g/mol. The van der Waals surface area contributed by atoms with Gasteiger partial charge in [-0.2, -0.15) is 0 Å². The van der Waals surface area contributed by atoms with Crippen molar-refractivity contribution in [2.24, 2.45) is 0 Å². The summed E-state index contributed by atoms with van der Waals surface area (Å²) in [5, 5.41) is -2.23. The molecule has 0 bridgehead atoms. The van der Waals surface area contributed by atoms with Gasteiger partial charge in [-0.25, -0.2) is 4.57 Å². The lowest BCUT2D eigenvalue weighted by molar-refractivity contribution is -0.106. The van der Waals surface area contributed by atoms with Gasteiger partial charge in [0.25, 0.3) is 0 Å². The standard InChI is InChI=1S/C14H14O7P2/c15-11-14(22(16,17)18)23(19,20-12-7-3-1-4-8-12)21-13-9-5-2-6-10-13/h1-11,14H,(H2,16,17,18). The van der Waals surface area contributed by atoms with E-state index in [0.29, 0.717) is 0 Å². The average Bonchev–Trinajstić information content (AvgIpc) is 2.48. The lowest BCUT2D eigenvalue weighted by Gasteiger charge is -2.24. The lowest BCUT2D eigenvalue weighted by Crippen LogP contribution is -2.18. The van der Waals surface area contributed by atoms with Crippen molar-refractivity contribution in [1.82, 2.24) is 0 Å². The van der Waals surface area contributed by atoms with Gasteiger partial charge in [0.15, 0.2) is 0 Å². The van der Waals surface area contributed by atoms with Gasteiger partial charge >= 0.3 is 15.2 Å². The summed E-state index contributed by atoms with van der Waals surface area (Å²) in [6.45, 7) is 0. The van der Waals surface area contributed by atoms with Crippen LogP contribution in [-0.2, 0) is 13.9 Å². The molecule has 0 aliphatic rings. The van der Waals surface area contributed by atoms with Gasteiger partial charge in [-0.1, -0.05) is 36.4 Å². The third kappa shape index (κ3) is 4.53. The minimum absolute atomic E-state index is 0.0621. The van der Waals surface area contributed by atoms with Gasteiger partial charge in [-0.3, -0.25) is 4.57 Å². The highest BCUT2D eigenvalue weighted by molar-refractivity contribution is 7.73. The van der Waals surface area contributed by atoms with E-state index in [-0.39, 0.29) is 17.8 Å². The first-order chi connectivity index (χ1) is 10.8. The van der Waals surface area contributed by atoms with Crippen molar-refractivity contribution in [2.75, 3.05) is 0 Å². The summed E-state index contributed by atoms with van der Waals surface area (Å²) >= 11 is 0. The monoisotopic (exact) mass is 356 g/mol. The molecule has 2 N–H and O–H groups in total. The predicted octanol–water partition coefficient (Wildman–Crippen LogP) is 3.04. The molecule has 1 atom stereocenters. The van der Waals surface area contributed by atoms with Crippen molar-refractivity contribution >= 4 is 21.5 Å². The van der Waals surface area contributed by atoms with Gasteiger partial charge in [-0.05, 0) is 24.3 Å². The Bertz CT molecular complexity index is 697. The molecule has 0 aromatic heterocycles. The van der Waals surface area contributed by atoms with E-state index in [2.05, 4.69) is 0 Å². The van der Waals surface area contributed by atoms with Crippen molar-refractivity contribution in [3.8, 4) is 11.5 Å². The van der Waals surface area contributed by atoms with Gasteiger partial charge in [0.05, 0.1) is 0 Å². The van der Waals surface area contributed by atoms with Crippen molar-refractivity contribution in [1.29, 1.82) is 0 Å². The molecule has 23 heavy (non-hydrogen) atoms. The van der Waals surface area contributed by atoms with E-state index in [9.17, 15) is 23.7 Å². The van der Waals surface area contributed by atoms with E-state index in [1.807, 2.05) is 0 Å². The molecule has 0 aliphatic carbocycles. The maximum atomic E-state index is 13.0. The first-order valence-corrected chi connectivity index (χ1v) is 9.74. The van der Waals surface area contributed by atoms with Crippen LogP contribution in [-0.4, -0.2) is 21.5 Å². The topological polar surface area (TPSA) is 110 Å². The molecular formula is C14H14O7P2. The quantitative estimate of drug-likeness (QED) is 0.579. The highest BCUT2D eigenvalue weighted by Gasteiger charge is 2.50. The molecule has 0 heterocycles. The number of aldehydes is 1. The fraction of sp³-hybridized carbons (Fsp3) is 0.0714. The van der Waals surface area contributed by atoms with Crippen LogP contribution in [0, 0.1) is 0 Å². The molecule has 0 aliphatic heterocycles. The third-order valence-electron chi connectivity index (χ3n) is 2.74. The maximum Gasteiger partial charge on any atom is 0.453 e. The SMILES string of the molecule is O=CC(P(=O)(O)O)P(=O)(Oc1ccccc1)Oc1ccccc1. The molecule has 2 rings (SSSR count). The summed E-state index contributed by atoms with van der Waals surface area (Å²) in [5.41, 5.74) is 0. The average molecular weight is 356 g/mol. The summed E-state index contributed by atoms with van der Waals surface area (Å²) in [5.74, 6) is 0.124. The Balaban J connectivity index is 2.43. The summed E-state index contributed by atoms with van der Waals surface area (Å²) < 4.78 is 34.9. The van der Waals surface area contributed by atoms with Crippen LogP contribution in [0.25, 0.3) is 0 Å². The van der Waals surface area contributed by atoms with Crippen molar-refractivity contribution in [3.05, 3.63) is 60.7 Å². The largest absolute Gasteiger partial charge is 0.453 e. The normalized spacial score (nSPS) is 13.1. The minimum atomic E-state index is -5.05. The van der Waals surface area contributed by atoms with E-state index < -0.39 is 20.6 Å². The molecule has 0 saturated carbocycles. The van der Waals surface area contributed by atoms with E-state index >= 15 is 0 Å².